The predicted octanol–water partition coefficient (Wildman–Crippen LogP) is 2.41. The highest BCUT2D eigenvalue weighted by Crippen LogP contribution is 2.49. The molecule has 108 valence electrons. The molecule has 0 spiro atoms. The normalized spacial score (nSPS) is 36.7. The van der Waals surface area contributed by atoms with Crippen LogP contribution in [0.5, 0.6) is 0 Å². The Morgan fingerprint density at radius 1 is 1.26 bits per heavy atom. The molecule has 3 fully saturated rings. The van der Waals surface area contributed by atoms with Gasteiger partial charge in [-0.15, -0.1) is 0 Å². The number of piperidine rings is 1. The average Bonchev–Trinajstić information content (AvgIpc) is 3.02. The summed E-state index contributed by atoms with van der Waals surface area (Å²) in [4.78, 5) is 14.6. The Bertz CT molecular complexity index is 347. The lowest BCUT2D eigenvalue weighted by molar-refractivity contribution is -0.134. The highest BCUT2D eigenvalue weighted by atomic mass is 16.2. The fourth-order valence-corrected chi connectivity index (χ4v) is 4.48. The maximum absolute atomic E-state index is 12.4. The molecule has 3 aliphatic rings. The highest BCUT2D eigenvalue weighted by Gasteiger charge is 2.41. The van der Waals surface area contributed by atoms with Crippen LogP contribution in [-0.2, 0) is 4.79 Å². The molecule has 1 saturated heterocycles. The van der Waals surface area contributed by atoms with Crippen molar-refractivity contribution in [3.05, 3.63) is 0 Å². The first kappa shape index (κ1) is 13.4. The van der Waals surface area contributed by atoms with Crippen LogP contribution >= 0.6 is 0 Å². The largest absolute Gasteiger partial charge is 0.343 e. The van der Waals surface area contributed by atoms with Crippen LogP contribution in [0.1, 0.15) is 51.9 Å². The SMILES string of the molecule is CNC1(C)CCN(C(=O)CC2CC3CCC2C3)CC1. The molecule has 1 N–H and O–H groups in total. The van der Waals surface area contributed by atoms with Crippen molar-refractivity contribution in [2.24, 2.45) is 17.8 Å². The summed E-state index contributed by atoms with van der Waals surface area (Å²) in [5.41, 5.74) is 0.239. The molecule has 3 rings (SSSR count). The third-order valence-corrected chi connectivity index (χ3v) is 6.14. The van der Waals surface area contributed by atoms with Crippen molar-refractivity contribution in [2.75, 3.05) is 20.1 Å². The van der Waals surface area contributed by atoms with E-state index in [1.165, 1.54) is 25.7 Å². The van der Waals surface area contributed by atoms with Gasteiger partial charge in [0, 0.05) is 25.0 Å². The first-order valence-electron chi connectivity index (χ1n) is 8.06. The van der Waals surface area contributed by atoms with Crippen molar-refractivity contribution in [2.45, 2.75) is 57.4 Å². The van der Waals surface area contributed by atoms with Crippen LogP contribution in [0.3, 0.4) is 0 Å². The number of hydrogen-bond acceptors (Lipinski definition) is 2. The van der Waals surface area contributed by atoms with Gasteiger partial charge >= 0.3 is 0 Å². The van der Waals surface area contributed by atoms with Crippen molar-refractivity contribution < 1.29 is 4.79 Å². The zero-order valence-electron chi connectivity index (χ0n) is 12.5. The first-order chi connectivity index (χ1) is 9.09. The summed E-state index contributed by atoms with van der Waals surface area (Å²) in [6.07, 6.45) is 8.57. The van der Waals surface area contributed by atoms with Gasteiger partial charge in [-0.25, -0.2) is 0 Å². The van der Waals surface area contributed by atoms with Gasteiger partial charge in [0.2, 0.25) is 5.91 Å². The fourth-order valence-electron chi connectivity index (χ4n) is 4.48. The maximum Gasteiger partial charge on any atom is 0.222 e. The molecule has 1 aliphatic heterocycles. The molecule has 0 aromatic rings. The predicted molar refractivity (Wildman–Crippen MR) is 76.8 cm³/mol. The van der Waals surface area contributed by atoms with Gasteiger partial charge in [-0.2, -0.15) is 0 Å². The van der Waals surface area contributed by atoms with Gasteiger partial charge in [0.1, 0.15) is 0 Å². The second kappa shape index (κ2) is 5.08. The lowest BCUT2D eigenvalue weighted by Crippen LogP contribution is -2.51. The molecular weight excluding hydrogens is 236 g/mol. The lowest BCUT2D eigenvalue weighted by atomic mass is 9.85. The second-order valence-electron chi connectivity index (χ2n) is 7.33. The minimum atomic E-state index is 0.239. The number of nitrogens with one attached hydrogen (secondary N) is 1. The summed E-state index contributed by atoms with van der Waals surface area (Å²) in [7, 11) is 2.03. The summed E-state index contributed by atoms with van der Waals surface area (Å²) >= 11 is 0. The molecular formula is C16H28N2O. The van der Waals surface area contributed by atoms with E-state index in [-0.39, 0.29) is 5.54 Å². The number of hydrogen-bond donors (Lipinski definition) is 1. The molecule has 3 nitrogen and oxygen atoms in total. The standard InChI is InChI=1S/C16H28N2O/c1-16(17-2)5-7-18(8-6-16)15(19)11-14-10-12-3-4-13(14)9-12/h12-14,17H,3-11H2,1-2H3. The van der Waals surface area contributed by atoms with Gasteiger partial charge in [-0.3, -0.25) is 4.79 Å². The highest BCUT2D eigenvalue weighted by molar-refractivity contribution is 5.76. The molecule has 3 unspecified atom stereocenters. The Labute approximate surface area is 117 Å². The van der Waals surface area contributed by atoms with E-state index in [1.54, 1.807) is 0 Å². The summed E-state index contributed by atoms with van der Waals surface area (Å²) in [5.74, 6) is 2.97. The van der Waals surface area contributed by atoms with Gasteiger partial charge in [0.05, 0.1) is 0 Å². The van der Waals surface area contributed by atoms with E-state index in [2.05, 4.69) is 17.1 Å². The number of nitrogens with zero attached hydrogens (tertiary/aromatic N) is 1. The molecule has 0 aromatic heterocycles. The molecule has 3 heteroatoms. The van der Waals surface area contributed by atoms with E-state index in [0.29, 0.717) is 11.8 Å². The average molecular weight is 264 g/mol. The number of rotatable bonds is 3. The molecule has 2 aliphatic carbocycles. The Balaban J connectivity index is 1.49. The van der Waals surface area contributed by atoms with Crippen LogP contribution in [0.2, 0.25) is 0 Å². The minimum Gasteiger partial charge on any atom is -0.343 e. The quantitative estimate of drug-likeness (QED) is 0.849. The van der Waals surface area contributed by atoms with Crippen LogP contribution in [0.25, 0.3) is 0 Å². The van der Waals surface area contributed by atoms with Gasteiger partial charge in [0.25, 0.3) is 0 Å². The van der Waals surface area contributed by atoms with Crippen LogP contribution < -0.4 is 5.32 Å². The van der Waals surface area contributed by atoms with Crippen molar-refractivity contribution in [1.29, 1.82) is 0 Å². The topological polar surface area (TPSA) is 32.3 Å². The van der Waals surface area contributed by atoms with Gasteiger partial charge in [-0.1, -0.05) is 6.42 Å². The second-order valence-corrected chi connectivity index (χ2v) is 7.33. The van der Waals surface area contributed by atoms with Gasteiger partial charge < -0.3 is 10.2 Å². The smallest absolute Gasteiger partial charge is 0.222 e. The van der Waals surface area contributed by atoms with Crippen molar-refractivity contribution in [3.63, 3.8) is 0 Å². The van der Waals surface area contributed by atoms with Gasteiger partial charge in [0.15, 0.2) is 0 Å². The van der Waals surface area contributed by atoms with E-state index < -0.39 is 0 Å². The first-order valence-corrected chi connectivity index (χ1v) is 8.06. The van der Waals surface area contributed by atoms with Crippen molar-refractivity contribution >= 4 is 5.91 Å². The number of likely N-dealkylation sites (tertiary alicyclic amines) is 1. The summed E-state index contributed by atoms with van der Waals surface area (Å²) < 4.78 is 0. The molecule has 1 amide bonds. The third-order valence-electron chi connectivity index (χ3n) is 6.14. The number of fused-ring (bicyclic) bond motifs is 2. The molecule has 0 radical (unpaired) electrons. The fraction of sp³-hybridized carbons (Fsp3) is 0.938. The van der Waals surface area contributed by atoms with E-state index in [0.717, 1.165) is 44.2 Å². The summed E-state index contributed by atoms with van der Waals surface area (Å²) in [6.45, 7) is 4.15. The molecule has 2 saturated carbocycles. The monoisotopic (exact) mass is 264 g/mol. The van der Waals surface area contributed by atoms with Crippen LogP contribution in [0.15, 0.2) is 0 Å². The lowest BCUT2D eigenvalue weighted by Gasteiger charge is -2.39. The summed E-state index contributed by atoms with van der Waals surface area (Å²) in [6, 6.07) is 0. The molecule has 1 heterocycles. The van der Waals surface area contributed by atoms with Crippen molar-refractivity contribution in [3.8, 4) is 0 Å². The Kier molecular flexibility index (Phi) is 3.59. The zero-order chi connectivity index (χ0) is 13.5. The van der Waals surface area contributed by atoms with E-state index in [4.69, 9.17) is 0 Å². The van der Waals surface area contributed by atoms with E-state index >= 15 is 0 Å². The number of amides is 1. The number of carbonyl (C=O) groups is 1. The van der Waals surface area contributed by atoms with Crippen LogP contribution in [0, 0.1) is 17.8 Å². The number of carbonyl (C=O) groups excluding carboxylic acids is 1. The Morgan fingerprint density at radius 2 is 2.00 bits per heavy atom. The third kappa shape index (κ3) is 2.67. The van der Waals surface area contributed by atoms with E-state index in [1.807, 2.05) is 7.05 Å². The molecule has 19 heavy (non-hydrogen) atoms. The van der Waals surface area contributed by atoms with Crippen LogP contribution in [0.4, 0.5) is 0 Å². The van der Waals surface area contributed by atoms with Crippen molar-refractivity contribution in [1.82, 2.24) is 10.2 Å². The van der Waals surface area contributed by atoms with Crippen LogP contribution in [-0.4, -0.2) is 36.5 Å². The summed E-state index contributed by atoms with van der Waals surface area (Å²) in [5, 5.41) is 3.40. The molecule has 3 atom stereocenters. The maximum atomic E-state index is 12.4. The minimum absolute atomic E-state index is 0.239. The molecule has 2 bridgehead atoms. The van der Waals surface area contributed by atoms with Gasteiger partial charge in [-0.05, 0) is 63.8 Å². The zero-order valence-corrected chi connectivity index (χ0v) is 12.5. The Hall–Kier alpha value is -0.570. The molecule has 0 aromatic carbocycles. The van der Waals surface area contributed by atoms with E-state index in [9.17, 15) is 4.79 Å². The Morgan fingerprint density at radius 3 is 2.53 bits per heavy atom.